The van der Waals surface area contributed by atoms with Gasteiger partial charge in [-0.25, -0.2) is 4.79 Å². The number of halogens is 1. The van der Waals surface area contributed by atoms with E-state index in [1.807, 2.05) is 13.8 Å². The van der Waals surface area contributed by atoms with E-state index >= 15 is 0 Å². The molecule has 0 spiro atoms. The Morgan fingerprint density at radius 2 is 2.00 bits per heavy atom. The quantitative estimate of drug-likeness (QED) is 0.674. The van der Waals surface area contributed by atoms with Crippen LogP contribution in [0.4, 0.5) is 0 Å². The maximum absolute atomic E-state index is 11.9. The number of carbonyl (C=O) groups is 2. The minimum Gasteiger partial charge on any atom is -0.465 e. The number of nitrogens with one attached hydrogen (secondary N) is 1. The molecule has 1 N–H and O–H groups in total. The van der Waals surface area contributed by atoms with E-state index < -0.39 is 5.97 Å². The van der Waals surface area contributed by atoms with Crippen LogP contribution in [0.3, 0.4) is 0 Å². The van der Waals surface area contributed by atoms with E-state index in [1.54, 1.807) is 18.2 Å². The Morgan fingerprint density at radius 1 is 1.35 bits per heavy atom. The lowest BCUT2D eigenvalue weighted by molar-refractivity contribution is 0.0600. The second-order valence-corrected chi connectivity index (χ2v) is 4.98. The standard InChI is InChI=1S/C12H14INO3/c1-7(2)14-11(15)9-6-8(12(16)17-3)4-5-10(9)13/h4-7H,1-3H3,(H,14,15). The third kappa shape index (κ3) is 3.69. The maximum Gasteiger partial charge on any atom is 0.337 e. The topological polar surface area (TPSA) is 55.4 Å². The molecule has 0 saturated carbocycles. The molecule has 0 aliphatic rings. The average Bonchev–Trinajstić information content (AvgIpc) is 2.27. The molecule has 0 unspecified atom stereocenters. The van der Waals surface area contributed by atoms with Gasteiger partial charge in [0.05, 0.1) is 18.2 Å². The molecule has 0 saturated heterocycles. The van der Waals surface area contributed by atoms with E-state index in [4.69, 9.17) is 0 Å². The molecule has 1 aromatic carbocycles. The number of rotatable bonds is 3. The van der Waals surface area contributed by atoms with Gasteiger partial charge in [0.1, 0.15) is 0 Å². The van der Waals surface area contributed by atoms with Crippen LogP contribution in [0.2, 0.25) is 0 Å². The molecule has 0 aromatic heterocycles. The van der Waals surface area contributed by atoms with Gasteiger partial charge in [-0.2, -0.15) is 0 Å². The highest BCUT2D eigenvalue weighted by Gasteiger charge is 2.14. The number of hydrogen-bond acceptors (Lipinski definition) is 3. The van der Waals surface area contributed by atoms with E-state index in [0.717, 1.165) is 3.57 Å². The lowest BCUT2D eigenvalue weighted by Crippen LogP contribution is -2.30. The molecular formula is C12H14INO3. The third-order valence-corrected chi connectivity index (χ3v) is 2.99. The number of methoxy groups -OCH3 is 1. The summed E-state index contributed by atoms with van der Waals surface area (Å²) in [5, 5.41) is 2.79. The predicted octanol–water partition coefficient (Wildman–Crippen LogP) is 2.22. The van der Waals surface area contributed by atoms with Gasteiger partial charge in [0, 0.05) is 9.61 Å². The minimum absolute atomic E-state index is 0.0556. The Labute approximate surface area is 114 Å². The molecule has 0 atom stereocenters. The van der Waals surface area contributed by atoms with Crippen molar-refractivity contribution in [2.45, 2.75) is 19.9 Å². The van der Waals surface area contributed by atoms with Crippen molar-refractivity contribution in [2.24, 2.45) is 0 Å². The monoisotopic (exact) mass is 347 g/mol. The molecule has 1 rings (SSSR count). The van der Waals surface area contributed by atoms with Crippen LogP contribution in [0.15, 0.2) is 18.2 Å². The fraction of sp³-hybridized carbons (Fsp3) is 0.333. The van der Waals surface area contributed by atoms with Crippen LogP contribution >= 0.6 is 22.6 Å². The summed E-state index contributed by atoms with van der Waals surface area (Å²) in [4.78, 5) is 23.2. The van der Waals surface area contributed by atoms with Gasteiger partial charge in [-0.3, -0.25) is 4.79 Å². The lowest BCUT2D eigenvalue weighted by atomic mass is 10.1. The van der Waals surface area contributed by atoms with Crippen LogP contribution in [0.5, 0.6) is 0 Å². The van der Waals surface area contributed by atoms with Gasteiger partial charge in [-0.15, -0.1) is 0 Å². The number of carbonyl (C=O) groups excluding carboxylic acids is 2. The summed E-state index contributed by atoms with van der Waals surface area (Å²) in [7, 11) is 1.31. The Morgan fingerprint density at radius 3 is 2.53 bits per heavy atom. The molecular weight excluding hydrogens is 333 g/mol. The first kappa shape index (κ1) is 14.0. The zero-order valence-corrected chi connectivity index (χ0v) is 12.1. The summed E-state index contributed by atoms with van der Waals surface area (Å²) in [5.74, 6) is -0.629. The molecule has 4 nitrogen and oxygen atoms in total. The molecule has 0 bridgehead atoms. The molecule has 0 aliphatic heterocycles. The van der Waals surface area contributed by atoms with Crippen LogP contribution < -0.4 is 5.32 Å². The number of ether oxygens (including phenoxy) is 1. The number of esters is 1. The molecule has 1 amide bonds. The molecule has 5 heteroatoms. The van der Waals surface area contributed by atoms with Gasteiger partial charge in [0.25, 0.3) is 5.91 Å². The van der Waals surface area contributed by atoms with Crippen LogP contribution in [0.25, 0.3) is 0 Å². The molecule has 0 aliphatic carbocycles. The highest BCUT2D eigenvalue weighted by atomic mass is 127. The first-order valence-electron chi connectivity index (χ1n) is 5.14. The molecule has 0 fully saturated rings. The highest BCUT2D eigenvalue weighted by molar-refractivity contribution is 14.1. The van der Waals surface area contributed by atoms with Crippen molar-refractivity contribution >= 4 is 34.5 Å². The van der Waals surface area contributed by atoms with Crippen LogP contribution in [0.1, 0.15) is 34.6 Å². The van der Waals surface area contributed by atoms with Gasteiger partial charge in [-0.1, -0.05) is 0 Å². The third-order valence-electron chi connectivity index (χ3n) is 2.05. The van der Waals surface area contributed by atoms with Crippen molar-refractivity contribution in [1.82, 2.24) is 5.32 Å². The molecule has 17 heavy (non-hydrogen) atoms. The van der Waals surface area contributed by atoms with E-state index in [1.165, 1.54) is 7.11 Å². The molecule has 0 radical (unpaired) electrons. The van der Waals surface area contributed by atoms with E-state index in [0.29, 0.717) is 11.1 Å². The molecule has 1 aromatic rings. The second-order valence-electron chi connectivity index (χ2n) is 3.81. The summed E-state index contributed by atoms with van der Waals surface area (Å²) in [6.45, 7) is 3.77. The van der Waals surface area contributed by atoms with Crippen LogP contribution in [0, 0.1) is 3.57 Å². The number of amides is 1. The summed E-state index contributed by atoms with van der Waals surface area (Å²) in [6, 6.07) is 4.97. The van der Waals surface area contributed by atoms with Crippen molar-refractivity contribution in [3.8, 4) is 0 Å². The van der Waals surface area contributed by atoms with Crippen molar-refractivity contribution in [1.29, 1.82) is 0 Å². The van der Waals surface area contributed by atoms with Gasteiger partial charge in [0.15, 0.2) is 0 Å². The normalized spacial score (nSPS) is 10.2. The van der Waals surface area contributed by atoms with Gasteiger partial charge in [0.2, 0.25) is 0 Å². The first-order valence-corrected chi connectivity index (χ1v) is 6.22. The van der Waals surface area contributed by atoms with Crippen molar-refractivity contribution in [3.63, 3.8) is 0 Å². The van der Waals surface area contributed by atoms with E-state index in [-0.39, 0.29) is 11.9 Å². The van der Waals surface area contributed by atoms with Crippen molar-refractivity contribution in [2.75, 3.05) is 7.11 Å². The summed E-state index contributed by atoms with van der Waals surface area (Å²) >= 11 is 2.06. The van der Waals surface area contributed by atoms with Gasteiger partial charge >= 0.3 is 5.97 Å². The Balaban J connectivity index is 3.06. The maximum atomic E-state index is 11.9. The first-order chi connectivity index (χ1) is 7.95. The second kappa shape index (κ2) is 6.00. The zero-order chi connectivity index (χ0) is 13.0. The summed E-state index contributed by atoms with van der Waals surface area (Å²) < 4.78 is 5.42. The molecule has 92 valence electrons. The Bertz CT molecular complexity index is 443. The summed E-state index contributed by atoms with van der Waals surface area (Å²) in [6.07, 6.45) is 0. The fourth-order valence-electron chi connectivity index (χ4n) is 1.28. The highest BCUT2D eigenvalue weighted by Crippen LogP contribution is 2.15. The van der Waals surface area contributed by atoms with Crippen LogP contribution in [-0.2, 0) is 4.74 Å². The Kier molecular flexibility index (Phi) is 4.92. The lowest BCUT2D eigenvalue weighted by Gasteiger charge is -2.10. The number of hydrogen-bond donors (Lipinski definition) is 1. The van der Waals surface area contributed by atoms with Crippen LogP contribution in [-0.4, -0.2) is 25.0 Å². The smallest absolute Gasteiger partial charge is 0.337 e. The SMILES string of the molecule is COC(=O)c1ccc(I)c(C(=O)NC(C)C)c1. The van der Waals surface area contributed by atoms with Gasteiger partial charge < -0.3 is 10.1 Å². The van der Waals surface area contributed by atoms with Gasteiger partial charge in [-0.05, 0) is 54.6 Å². The van der Waals surface area contributed by atoms with E-state index in [2.05, 4.69) is 32.6 Å². The fourth-order valence-corrected chi connectivity index (χ4v) is 1.86. The average molecular weight is 347 g/mol. The zero-order valence-electron chi connectivity index (χ0n) is 9.91. The number of benzene rings is 1. The van der Waals surface area contributed by atoms with E-state index in [9.17, 15) is 9.59 Å². The molecule has 0 heterocycles. The largest absolute Gasteiger partial charge is 0.465 e. The minimum atomic E-state index is -0.444. The Hall–Kier alpha value is -1.11. The van der Waals surface area contributed by atoms with Crippen molar-refractivity contribution < 1.29 is 14.3 Å². The summed E-state index contributed by atoms with van der Waals surface area (Å²) in [5.41, 5.74) is 0.865. The van der Waals surface area contributed by atoms with Crippen molar-refractivity contribution in [3.05, 3.63) is 32.9 Å². The predicted molar refractivity (Wildman–Crippen MR) is 73.1 cm³/mol.